The van der Waals surface area contributed by atoms with E-state index in [0.29, 0.717) is 5.88 Å². The van der Waals surface area contributed by atoms with E-state index in [0.717, 1.165) is 18.8 Å². The van der Waals surface area contributed by atoms with Crippen molar-refractivity contribution in [3.63, 3.8) is 0 Å². The first kappa shape index (κ1) is 13.8. The van der Waals surface area contributed by atoms with Gasteiger partial charge in [0.15, 0.2) is 0 Å². The van der Waals surface area contributed by atoms with E-state index in [9.17, 15) is 0 Å². The van der Waals surface area contributed by atoms with Crippen LogP contribution in [0.5, 0.6) is 5.88 Å². The highest BCUT2D eigenvalue weighted by Gasteiger charge is 2.03. The van der Waals surface area contributed by atoms with Gasteiger partial charge in [-0.2, -0.15) is 0 Å². The van der Waals surface area contributed by atoms with Crippen LogP contribution in [0.25, 0.3) is 0 Å². The van der Waals surface area contributed by atoms with Crippen LogP contribution in [0.3, 0.4) is 0 Å². The number of ether oxygens (including phenoxy) is 1. The van der Waals surface area contributed by atoms with Gasteiger partial charge in [-0.1, -0.05) is 6.92 Å². The molecular formula is C14H19N3OS. The molecule has 0 saturated carbocycles. The van der Waals surface area contributed by atoms with Gasteiger partial charge in [0.1, 0.15) is 12.1 Å². The van der Waals surface area contributed by atoms with E-state index in [4.69, 9.17) is 4.74 Å². The molecule has 0 radical (unpaired) electrons. The average molecular weight is 277 g/mol. The van der Waals surface area contributed by atoms with Gasteiger partial charge in [-0.3, -0.25) is 0 Å². The molecule has 0 aliphatic heterocycles. The van der Waals surface area contributed by atoms with E-state index < -0.39 is 0 Å². The topological polar surface area (TPSA) is 47.0 Å². The number of aromatic nitrogens is 2. The number of nitrogens with one attached hydrogen (secondary N) is 1. The maximum atomic E-state index is 5.54. The first-order chi connectivity index (χ1) is 9.17. The molecule has 102 valence electrons. The molecule has 0 fully saturated rings. The SMILES string of the molecule is CCc1ccc(CNc2cc(OC(C)C)ncn2)s1. The minimum absolute atomic E-state index is 0.118. The number of aryl methyl sites for hydroxylation is 1. The van der Waals surface area contributed by atoms with Crippen molar-refractivity contribution < 1.29 is 4.74 Å². The van der Waals surface area contributed by atoms with Gasteiger partial charge in [0, 0.05) is 15.8 Å². The number of rotatable bonds is 6. The Balaban J connectivity index is 1.95. The predicted octanol–water partition coefficient (Wildman–Crippen LogP) is 3.50. The summed E-state index contributed by atoms with van der Waals surface area (Å²) in [5, 5.41) is 3.29. The van der Waals surface area contributed by atoms with Gasteiger partial charge in [0.25, 0.3) is 0 Å². The zero-order valence-corrected chi connectivity index (χ0v) is 12.3. The number of hydrogen-bond donors (Lipinski definition) is 1. The summed E-state index contributed by atoms with van der Waals surface area (Å²) in [6, 6.07) is 6.16. The second-order valence-electron chi connectivity index (χ2n) is 4.48. The largest absolute Gasteiger partial charge is 0.475 e. The van der Waals surface area contributed by atoms with Gasteiger partial charge >= 0.3 is 0 Å². The Hall–Kier alpha value is -1.62. The van der Waals surface area contributed by atoms with Crippen LogP contribution in [-0.4, -0.2) is 16.1 Å². The molecule has 19 heavy (non-hydrogen) atoms. The van der Waals surface area contributed by atoms with Crippen molar-refractivity contribution >= 4 is 17.2 Å². The summed E-state index contributed by atoms with van der Waals surface area (Å²) >= 11 is 1.83. The Labute approximate surface area is 117 Å². The first-order valence-corrected chi connectivity index (χ1v) is 7.29. The van der Waals surface area contributed by atoms with Crippen LogP contribution in [0.15, 0.2) is 24.5 Å². The lowest BCUT2D eigenvalue weighted by molar-refractivity contribution is 0.232. The Bertz CT molecular complexity index is 525. The number of thiophene rings is 1. The normalized spacial score (nSPS) is 10.7. The van der Waals surface area contributed by atoms with E-state index in [-0.39, 0.29) is 6.10 Å². The van der Waals surface area contributed by atoms with Crippen LogP contribution in [0.1, 0.15) is 30.5 Å². The van der Waals surface area contributed by atoms with Crippen LogP contribution in [0, 0.1) is 0 Å². The molecule has 0 spiro atoms. The van der Waals surface area contributed by atoms with Crippen molar-refractivity contribution in [2.45, 2.75) is 39.8 Å². The Morgan fingerprint density at radius 2 is 2.05 bits per heavy atom. The second-order valence-corrected chi connectivity index (χ2v) is 5.74. The van der Waals surface area contributed by atoms with Crippen LogP contribution >= 0.6 is 11.3 Å². The third kappa shape index (κ3) is 4.21. The number of nitrogens with zero attached hydrogens (tertiary/aromatic N) is 2. The third-order valence-electron chi connectivity index (χ3n) is 2.51. The van der Waals surface area contributed by atoms with E-state index in [1.165, 1.54) is 16.1 Å². The molecule has 0 atom stereocenters. The molecule has 0 saturated heterocycles. The molecule has 4 nitrogen and oxygen atoms in total. The molecule has 1 N–H and O–H groups in total. The quantitative estimate of drug-likeness (QED) is 0.878. The van der Waals surface area contributed by atoms with E-state index in [1.807, 2.05) is 31.3 Å². The van der Waals surface area contributed by atoms with Gasteiger partial charge < -0.3 is 10.1 Å². The highest BCUT2D eigenvalue weighted by Crippen LogP contribution is 2.19. The molecule has 0 aliphatic rings. The molecule has 2 aromatic rings. The first-order valence-electron chi connectivity index (χ1n) is 6.47. The van der Waals surface area contributed by atoms with Gasteiger partial charge in [-0.15, -0.1) is 11.3 Å². The highest BCUT2D eigenvalue weighted by atomic mass is 32.1. The summed E-state index contributed by atoms with van der Waals surface area (Å²) in [4.78, 5) is 11.0. The van der Waals surface area contributed by atoms with Crippen molar-refractivity contribution in [1.82, 2.24) is 9.97 Å². The molecule has 0 amide bonds. The Kier molecular flexibility index (Phi) is 4.74. The molecule has 0 aromatic carbocycles. The van der Waals surface area contributed by atoms with Crippen molar-refractivity contribution in [2.75, 3.05) is 5.32 Å². The fourth-order valence-electron chi connectivity index (χ4n) is 1.63. The number of hydrogen-bond acceptors (Lipinski definition) is 5. The minimum atomic E-state index is 0.118. The summed E-state index contributed by atoms with van der Waals surface area (Å²) in [5.74, 6) is 1.39. The van der Waals surface area contributed by atoms with Crippen molar-refractivity contribution in [3.05, 3.63) is 34.3 Å². The fourth-order valence-corrected chi connectivity index (χ4v) is 2.52. The zero-order chi connectivity index (χ0) is 13.7. The average Bonchev–Trinajstić information content (AvgIpc) is 2.84. The summed E-state index contributed by atoms with van der Waals surface area (Å²) in [7, 11) is 0. The molecule has 2 heterocycles. The highest BCUT2D eigenvalue weighted by molar-refractivity contribution is 7.12. The maximum Gasteiger partial charge on any atom is 0.218 e. The van der Waals surface area contributed by atoms with Crippen molar-refractivity contribution in [3.8, 4) is 5.88 Å². The lowest BCUT2D eigenvalue weighted by Gasteiger charge is -2.09. The van der Waals surface area contributed by atoms with E-state index >= 15 is 0 Å². The molecule has 0 aliphatic carbocycles. The van der Waals surface area contributed by atoms with E-state index in [1.54, 1.807) is 0 Å². The zero-order valence-electron chi connectivity index (χ0n) is 11.5. The number of anilines is 1. The molecule has 0 bridgehead atoms. The van der Waals surface area contributed by atoms with Gasteiger partial charge in [0.2, 0.25) is 5.88 Å². The molecular weight excluding hydrogens is 258 g/mol. The van der Waals surface area contributed by atoms with E-state index in [2.05, 4.69) is 34.3 Å². The molecule has 2 rings (SSSR count). The lowest BCUT2D eigenvalue weighted by atomic mass is 10.3. The third-order valence-corrected chi connectivity index (χ3v) is 3.74. The second kappa shape index (κ2) is 6.52. The minimum Gasteiger partial charge on any atom is -0.475 e. The lowest BCUT2D eigenvalue weighted by Crippen LogP contribution is -2.08. The summed E-state index contributed by atoms with van der Waals surface area (Å²) in [6.45, 7) is 6.91. The molecule has 2 aromatic heterocycles. The Morgan fingerprint density at radius 1 is 1.26 bits per heavy atom. The van der Waals surface area contributed by atoms with Crippen LogP contribution in [-0.2, 0) is 13.0 Å². The van der Waals surface area contributed by atoms with Crippen LogP contribution in [0.2, 0.25) is 0 Å². The van der Waals surface area contributed by atoms with Crippen LogP contribution in [0.4, 0.5) is 5.82 Å². The fraction of sp³-hybridized carbons (Fsp3) is 0.429. The maximum absolute atomic E-state index is 5.54. The summed E-state index contributed by atoms with van der Waals surface area (Å²) in [6.07, 6.45) is 2.73. The van der Waals surface area contributed by atoms with Crippen molar-refractivity contribution in [1.29, 1.82) is 0 Å². The summed E-state index contributed by atoms with van der Waals surface area (Å²) in [5.41, 5.74) is 0. The Morgan fingerprint density at radius 3 is 2.74 bits per heavy atom. The monoisotopic (exact) mass is 277 g/mol. The van der Waals surface area contributed by atoms with Gasteiger partial charge in [0.05, 0.1) is 12.6 Å². The summed E-state index contributed by atoms with van der Waals surface area (Å²) < 4.78 is 5.54. The van der Waals surface area contributed by atoms with Crippen LogP contribution < -0.4 is 10.1 Å². The van der Waals surface area contributed by atoms with Gasteiger partial charge in [-0.05, 0) is 32.4 Å². The predicted molar refractivity (Wildman–Crippen MR) is 78.8 cm³/mol. The molecule has 0 unspecified atom stereocenters. The molecule has 5 heteroatoms. The van der Waals surface area contributed by atoms with Gasteiger partial charge in [-0.25, -0.2) is 9.97 Å². The van der Waals surface area contributed by atoms with Crippen molar-refractivity contribution in [2.24, 2.45) is 0 Å². The smallest absolute Gasteiger partial charge is 0.218 e. The standard InChI is InChI=1S/C14H19N3OS/c1-4-11-5-6-12(19-11)8-15-13-7-14(17-9-16-13)18-10(2)3/h5-7,9-10H,4,8H2,1-3H3,(H,15,16,17).